The lowest BCUT2D eigenvalue weighted by atomic mass is 10.0. The average Bonchev–Trinajstić information content (AvgIpc) is 2.88. The number of aromatic nitrogens is 2. The van der Waals surface area contributed by atoms with Crippen molar-refractivity contribution in [1.29, 1.82) is 0 Å². The van der Waals surface area contributed by atoms with E-state index in [4.69, 9.17) is 10.5 Å². The highest BCUT2D eigenvalue weighted by Crippen LogP contribution is 2.24. The van der Waals surface area contributed by atoms with Crippen molar-refractivity contribution in [2.45, 2.75) is 17.4 Å². The lowest BCUT2D eigenvalue weighted by molar-refractivity contribution is 0.0730. The summed E-state index contributed by atoms with van der Waals surface area (Å²) in [7, 11) is -3.74. The second-order valence-electron chi connectivity index (χ2n) is 8.87. The first-order valence-electron chi connectivity index (χ1n) is 11.7. The molecule has 8 nitrogen and oxygen atoms in total. The van der Waals surface area contributed by atoms with E-state index >= 15 is 0 Å². The molecule has 5 rings (SSSR count). The first kappa shape index (κ1) is 26.6. The molecular formula is C26H23BrF2N4O4S. The number of nitrogens with two attached hydrogens (primary N) is 1. The Morgan fingerprint density at radius 3 is 2.32 bits per heavy atom. The molecule has 4 aromatic rings. The molecule has 0 aliphatic carbocycles. The van der Waals surface area contributed by atoms with Gasteiger partial charge in [-0.1, -0.05) is 15.9 Å². The molecule has 0 saturated carbocycles. The summed E-state index contributed by atoms with van der Waals surface area (Å²) in [4.78, 5) is 18.4. The molecule has 12 heteroatoms. The number of nitrogens with zero attached hydrogens (tertiary/aromatic N) is 3. The summed E-state index contributed by atoms with van der Waals surface area (Å²) in [5.74, 6) is -1.32. The van der Waals surface area contributed by atoms with Crippen LogP contribution in [0, 0.1) is 11.6 Å². The predicted molar refractivity (Wildman–Crippen MR) is 142 cm³/mol. The van der Waals surface area contributed by atoms with Crippen LogP contribution < -0.4 is 11.3 Å². The predicted octanol–water partition coefficient (Wildman–Crippen LogP) is 3.69. The summed E-state index contributed by atoms with van der Waals surface area (Å²) < 4.78 is 62.3. The van der Waals surface area contributed by atoms with Crippen LogP contribution in [0.4, 0.5) is 8.78 Å². The zero-order valence-electron chi connectivity index (χ0n) is 20.0. The highest BCUT2D eigenvalue weighted by molar-refractivity contribution is 9.10. The van der Waals surface area contributed by atoms with Gasteiger partial charge in [-0.3, -0.25) is 9.36 Å². The highest BCUT2D eigenvalue weighted by atomic mass is 79.9. The van der Waals surface area contributed by atoms with Crippen molar-refractivity contribution in [1.82, 2.24) is 13.9 Å². The van der Waals surface area contributed by atoms with Crippen LogP contribution in [0.15, 0.2) is 74.8 Å². The minimum atomic E-state index is -3.74. The first-order valence-corrected chi connectivity index (χ1v) is 14.0. The van der Waals surface area contributed by atoms with E-state index in [1.165, 1.54) is 45.3 Å². The van der Waals surface area contributed by atoms with Crippen molar-refractivity contribution in [2.24, 2.45) is 5.73 Å². The molecule has 0 radical (unpaired) electrons. The van der Waals surface area contributed by atoms with Crippen molar-refractivity contribution >= 4 is 36.9 Å². The monoisotopic (exact) mass is 604 g/mol. The lowest BCUT2D eigenvalue weighted by Gasteiger charge is -2.26. The fourth-order valence-electron chi connectivity index (χ4n) is 4.45. The van der Waals surface area contributed by atoms with E-state index in [1.54, 1.807) is 18.2 Å². The molecule has 1 aromatic heterocycles. The largest absolute Gasteiger partial charge is 0.379 e. The van der Waals surface area contributed by atoms with Gasteiger partial charge in [0.25, 0.3) is 5.56 Å². The Bertz CT molecular complexity index is 1650. The van der Waals surface area contributed by atoms with Crippen molar-refractivity contribution in [2.75, 3.05) is 26.3 Å². The van der Waals surface area contributed by atoms with Crippen LogP contribution in [0.1, 0.15) is 17.4 Å². The van der Waals surface area contributed by atoms with Crippen LogP contribution in [-0.4, -0.2) is 48.6 Å². The Morgan fingerprint density at radius 2 is 1.66 bits per heavy atom. The summed E-state index contributed by atoms with van der Waals surface area (Å²) in [6.07, 6.45) is 0.00409. The molecule has 198 valence electrons. The van der Waals surface area contributed by atoms with Gasteiger partial charge in [0.15, 0.2) is 0 Å². The number of morpholine rings is 1. The van der Waals surface area contributed by atoms with Gasteiger partial charge in [-0.15, -0.1) is 0 Å². The molecule has 1 aliphatic rings. The standard InChI is InChI=1S/C26H23BrF2N4O4S/c27-17-1-6-22-24(14-17)31-25(23(30)13-16-11-18(28)15-19(29)12-16)33(26(22)34)20-2-4-21(5-3-20)38(35,36)32-7-9-37-10-8-32/h1-6,11-12,14-15,23H,7-10,13,30H2. The molecule has 1 fully saturated rings. The summed E-state index contributed by atoms with van der Waals surface area (Å²) in [6, 6.07) is 13.1. The average molecular weight is 605 g/mol. The SMILES string of the molecule is NC(Cc1cc(F)cc(F)c1)c1nc2cc(Br)ccc2c(=O)n1-c1ccc(S(=O)(=O)N2CCOCC2)cc1. The smallest absolute Gasteiger partial charge is 0.266 e. The lowest BCUT2D eigenvalue weighted by Crippen LogP contribution is -2.40. The van der Waals surface area contributed by atoms with Gasteiger partial charge in [0.2, 0.25) is 10.0 Å². The molecule has 1 aliphatic heterocycles. The van der Waals surface area contributed by atoms with Crippen LogP contribution in [0.25, 0.3) is 16.6 Å². The number of hydrogen-bond acceptors (Lipinski definition) is 6. The minimum Gasteiger partial charge on any atom is -0.379 e. The zero-order chi connectivity index (χ0) is 27.0. The maximum atomic E-state index is 13.8. The fraction of sp³-hybridized carbons (Fsp3) is 0.231. The third kappa shape index (κ3) is 5.27. The Hall–Kier alpha value is -3.03. The molecule has 1 saturated heterocycles. The fourth-order valence-corrected chi connectivity index (χ4v) is 6.21. The summed E-state index contributed by atoms with van der Waals surface area (Å²) >= 11 is 3.38. The molecule has 38 heavy (non-hydrogen) atoms. The van der Waals surface area contributed by atoms with Gasteiger partial charge >= 0.3 is 0 Å². The number of hydrogen-bond donors (Lipinski definition) is 1. The molecule has 0 amide bonds. The van der Waals surface area contributed by atoms with E-state index in [2.05, 4.69) is 20.9 Å². The van der Waals surface area contributed by atoms with E-state index in [0.717, 1.165) is 6.07 Å². The number of rotatable bonds is 6. The van der Waals surface area contributed by atoms with Crippen molar-refractivity contribution in [3.8, 4) is 5.69 Å². The van der Waals surface area contributed by atoms with Crippen LogP contribution >= 0.6 is 15.9 Å². The van der Waals surface area contributed by atoms with Crippen LogP contribution in [0.5, 0.6) is 0 Å². The van der Waals surface area contributed by atoms with E-state index in [9.17, 15) is 22.0 Å². The summed E-state index contributed by atoms with van der Waals surface area (Å²) in [5.41, 5.74) is 7.10. The highest BCUT2D eigenvalue weighted by Gasteiger charge is 2.27. The molecule has 0 bridgehead atoms. The Morgan fingerprint density at radius 1 is 1.00 bits per heavy atom. The quantitative estimate of drug-likeness (QED) is 0.360. The van der Waals surface area contributed by atoms with Gasteiger partial charge in [-0.2, -0.15) is 4.31 Å². The van der Waals surface area contributed by atoms with E-state index in [-0.39, 0.29) is 30.2 Å². The third-order valence-corrected chi connectivity index (χ3v) is 8.68. The Labute approximate surface area is 225 Å². The van der Waals surface area contributed by atoms with Gasteiger partial charge in [-0.25, -0.2) is 22.2 Å². The summed E-state index contributed by atoms with van der Waals surface area (Å²) in [5, 5.41) is 0.325. The maximum Gasteiger partial charge on any atom is 0.266 e. The maximum absolute atomic E-state index is 13.8. The number of benzene rings is 3. The second-order valence-corrected chi connectivity index (χ2v) is 11.7. The van der Waals surface area contributed by atoms with Crippen molar-refractivity contribution < 1.29 is 21.9 Å². The van der Waals surface area contributed by atoms with E-state index in [1.807, 2.05) is 0 Å². The summed E-state index contributed by atoms with van der Waals surface area (Å²) in [6.45, 7) is 1.16. The number of sulfonamides is 1. The van der Waals surface area contributed by atoms with E-state index in [0.29, 0.717) is 39.8 Å². The van der Waals surface area contributed by atoms with E-state index < -0.39 is 33.3 Å². The zero-order valence-corrected chi connectivity index (χ0v) is 22.4. The van der Waals surface area contributed by atoms with Crippen LogP contribution in [-0.2, 0) is 21.2 Å². The van der Waals surface area contributed by atoms with Gasteiger partial charge < -0.3 is 10.5 Å². The Balaban J connectivity index is 1.60. The van der Waals surface area contributed by atoms with Gasteiger partial charge in [-0.05, 0) is 66.6 Å². The van der Waals surface area contributed by atoms with Gasteiger partial charge in [0.1, 0.15) is 17.5 Å². The number of halogens is 3. The first-order chi connectivity index (χ1) is 18.1. The van der Waals surface area contributed by atoms with Gasteiger partial charge in [0.05, 0.1) is 40.7 Å². The molecule has 3 aromatic carbocycles. The van der Waals surface area contributed by atoms with Gasteiger partial charge in [0, 0.05) is 23.6 Å². The second kappa shape index (κ2) is 10.6. The van der Waals surface area contributed by atoms with Crippen LogP contribution in [0.2, 0.25) is 0 Å². The molecule has 1 unspecified atom stereocenters. The van der Waals surface area contributed by atoms with Crippen LogP contribution in [0.3, 0.4) is 0 Å². The number of ether oxygens (including phenoxy) is 1. The molecular weight excluding hydrogens is 582 g/mol. The minimum absolute atomic E-state index is 0.00409. The number of fused-ring (bicyclic) bond motifs is 1. The third-order valence-electron chi connectivity index (χ3n) is 6.27. The normalized spacial score (nSPS) is 15.6. The van der Waals surface area contributed by atoms with Crippen molar-refractivity contribution in [3.05, 3.63) is 98.5 Å². The molecule has 2 heterocycles. The molecule has 2 N–H and O–H groups in total. The molecule has 1 atom stereocenters. The Kier molecular flexibility index (Phi) is 7.43. The molecule has 0 spiro atoms. The topological polar surface area (TPSA) is 108 Å². The van der Waals surface area contributed by atoms with Crippen molar-refractivity contribution in [3.63, 3.8) is 0 Å².